The molecular formula is C19H18N2O2. The van der Waals surface area contributed by atoms with Crippen molar-refractivity contribution in [2.75, 3.05) is 6.61 Å². The minimum Gasteiger partial charge on any atom is -0.394 e. The molecule has 23 heavy (non-hydrogen) atoms. The predicted molar refractivity (Wildman–Crippen MR) is 90.2 cm³/mol. The average Bonchev–Trinajstić information content (AvgIpc) is 3.04. The van der Waals surface area contributed by atoms with E-state index in [0.29, 0.717) is 6.54 Å². The van der Waals surface area contributed by atoms with Gasteiger partial charge < -0.3 is 5.11 Å². The van der Waals surface area contributed by atoms with E-state index >= 15 is 0 Å². The predicted octanol–water partition coefficient (Wildman–Crippen LogP) is 3.41. The van der Waals surface area contributed by atoms with E-state index < -0.39 is 0 Å². The van der Waals surface area contributed by atoms with Crippen LogP contribution in [0.5, 0.6) is 0 Å². The number of hydrogen-bond acceptors (Lipinski definition) is 3. The average molecular weight is 306 g/mol. The van der Waals surface area contributed by atoms with E-state index in [9.17, 15) is 4.79 Å². The van der Waals surface area contributed by atoms with Gasteiger partial charge in [0.1, 0.15) is 0 Å². The zero-order valence-electron chi connectivity index (χ0n) is 12.9. The number of Topliss-reactive ketones (excluding diaryl/α,β-unsaturated/α-hetero) is 1. The lowest BCUT2D eigenvalue weighted by molar-refractivity contribution is 0.101. The van der Waals surface area contributed by atoms with Crippen molar-refractivity contribution in [2.45, 2.75) is 13.5 Å². The van der Waals surface area contributed by atoms with Gasteiger partial charge in [0.15, 0.2) is 5.78 Å². The molecular weight excluding hydrogens is 288 g/mol. The zero-order chi connectivity index (χ0) is 16.2. The lowest BCUT2D eigenvalue weighted by atomic mass is 9.96. The van der Waals surface area contributed by atoms with E-state index in [1.807, 2.05) is 60.8 Å². The molecule has 116 valence electrons. The highest BCUT2D eigenvalue weighted by Crippen LogP contribution is 2.28. The molecule has 0 saturated heterocycles. The van der Waals surface area contributed by atoms with Gasteiger partial charge in [-0.15, -0.1) is 0 Å². The number of carbonyl (C=O) groups is 1. The molecule has 0 spiro atoms. The van der Waals surface area contributed by atoms with Crippen molar-refractivity contribution in [1.82, 2.24) is 9.78 Å². The first-order valence-electron chi connectivity index (χ1n) is 7.54. The molecule has 0 unspecified atom stereocenters. The Morgan fingerprint density at radius 2 is 1.87 bits per heavy atom. The second kappa shape index (κ2) is 6.58. The first-order valence-corrected chi connectivity index (χ1v) is 7.54. The van der Waals surface area contributed by atoms with Crippen molar-refractivity contribution in [1.29, 1.82) is 0 Å². The van der Waals surface area contributed by atoms with Crippen LogP contribution in [0.15, 0.2) is 60.8 Å². The molecule has 3 aromatic rings. The third kappa shape index (κ3) is 3.22. The third-order valence-corrected chi connectivity index (χ3v) is 3.75. The first kappa shape index (κ1) is 15.2. The van der Waals surface area contributed by atoms with Crippen LogP contribution in [0, 0.1) is 0 Å². The second-order valence-electron chi connectivity index (χ2n) is 5.37. The number of aliphatic hydroxyl groups excluding tert-OH is 1. The fourth-order valence-corrected chi connectivity index (χ4v) is 2.63. The van der Waals surface area contributed by atoms with Crippen molar-refractivity contribution in [2.24, 2.45) is 0 Å². The molecule has 4 heteroatoms. The zero-order valence-corrected chi connectivity index (χ0v) is 12.9. The van der Waals surface area contributed by atoms with Gasteiger partial charge in [0.05, 0.1) is 18.8 Å². The quantitative estimate of drug-likeness (QED) is 0.735. The molecule has 0 atom stereocenters. The number of aliphatic hydroxyl groups is 1. The number of aromatic nitrogens is 2. The summed E-state index contributed by atoms with van der Waals surface area (Å²) in [5.41, 5.74) is 4.47. The molecule has 2 aromatic carbocycles. The van der Waals surface area contributed by atoms with E-state index in [1.165, 1.54) is 0 Å². The third-order valence-electron chi connectivity index (χ3n) is 3.75. The van der Waals surface area contributed by atoms with E-state index in [-0.39, 0.29) is 12.4 Å². The van der Waals surface area contributed by atoms with E-state index in [0.717, 1.165) is 27.9 Å². The van der Waals surface area contributed by atoms with Crippen LogP contribution >= 0.6 is 0 Å². The van der Waals surface area contributed by atoms with Crippen LogP contribution in [-0.4, -0.2) is 27.3 Å². The molecule has 0 amide bonds. The maximum Gasteiger partial charge on any atom is 0.160 e. The molecule has 0 aliphatic rings. The summed E-state index contributed by atoms with van der Waals surface area (Å²) in [6.07, 6.45) is 1.85. The molecule has 1 heterocycles. The van der Waals surface area contributed by atoms with Crippen molar-refractivity contribution >= 4 is 5.78 Å². The van der Waals surface area contributed by atoms with Crippen LogP contribution in [-0.2, 0) is 6.54 Å². The van der Waals surface area contributed by atoms with Gasteiger partial charge in [0.25, 0.3) is 0 Å². The Hall–Kier alpha value is -2.72. The molecule has 0 radical (unpaired) electrons. The fraction of sp³-hybridized carbons (Fsp3) is 0.158. The Morgan fingerprint density at radius 3 is 2.65 bits per heavy atom. The highest BCUT2D eigenvalue weighted by atomic mass is 16.3. The maximum absolute atomic E-state index is 11.8. The van der Waals surface area contributed by atoms with E-state index in [2.05, 4.69) is 5.10 Å². The Balaban J connectivity index is 2.01. The molecule has 1 aromatic heterocycles. The molecule has 0 fully saturated rings. The van der Waals surface area contributed by atoms with Crippen molar-refractivity contribution in [3.05, 3.63) is 66.4 Å². The Morgan fingerprint density at radius 1 is 1.09 bits per heavy atom. The lowest BCUT2D eigenvalue weighted by Crippen LogP contribution is -2.02. The van der Waals surface area contributed by atoms with Crippen molar-refractivity contribution in [3.63, 3.8) is 0 Å². The minimum absolute atomic E-state index is 0.0539. The van der Waals surface area contributed by atoms with Gasteiger partial charge in [-0.2, -0.15) is 5.10 Å². The normalized spacial score (nSPS) is 10.7. The Labute approximate surface area is 135 Å². The number of carbonyl (C=O) groups excluding carboxylic acids is 1. The summed E-state index contributed by atoms with van der Waals surface area (Å²) in [6, 6.07) is 17.5. The van der Waals surface area contributed by atoms with Crippen LogP contribution in [0.1, 0.15) is 17.3 Å². The van der Waals surface area contributed by atoms with Crippen LogP contribution in [0.4, 0.5) is 0 Å². The van der Waals surface area contributed by atoms with Gasteiger partial charge in [0, 0.05) is 17.3 Å². The molecule has 0 saturated carbocycles. The summed E-state index contributed by atoms with van der Waals surface area (Å²) in [4.78, 5) is 11.8. The number of benzene rings is 2. The molecule has 0 bridgehead atoms. The molecule has 0 aliphatic heterocycles. The SMILES string of the molecule is CC(=O)c1ccccc1-c1cccc(-c2ccn(CCO)n2)c1. The number of rotatable bonds is 5. The largest absolute Gasteiger partial charge is 0.394 e. The highest BCUT2D eigenvalue weighted by molar-refractivity contribution is 6.01. The van der Waals surface area contributed by atoms with Gasteiger partial charge in [-0.1, -0.05) is 42.5 Å². The summed E-state index contributed by atoms with van der Waals surface area (Å²) in [5, 5.41) is 13.4. The topological polar surface area (TPSA) is 55.1 Å². The maximum atomic E-state index is 11.8. The van der Waals surface area contributed by atoms with E-state index in [1.54, 1.807) is 11.6 Å². The number of nitrogens with zero attached hydrogens (tertiary/aromatic N) is 2. The Bertz CT molecular complexity index is 837. The summed E-state index contributed by atoms with van der Waals surface area (Å²) < 4.78 is 1.71. The van der Waals surface area contributed by atoms with Crippen LogP contribution < -0.4 is 0 Å². The van der Waals surface area contributed by atoms with E-state index in [4.69, 9.17) is 5.11 Å². The lowest BCUT2D eigenvalue weighted by Gasteiger charge is -2.08. The first-order chi connectivity index (χ1) is 11.2. The van der Waals surface area contributed by atoms with Crippen molar-refractivity contribution < 1.29 is 9.90 Å². The van der Waals surface area contributed by atoms with Crippen LogP contribution in [0.2, 0.25) is 0 Å². The minimum atomic E-state index is 0.0539. The van der Waals surface area contributed by atoms with Crippen molar-refractivity contribution in [3.8, 4) is 22.4 Å². The number of ketones is 1. The molecule has 1 N–H and O–H groups in total. The van der Waals surface area contributed by atoms with Gasteiger partial charge >= 0.3 is 0 Å². The molecule has 4 nitrogen and oxygen atoms in total. The summed E-state index contributed by atoms with van der Waals surface area (Å²) in [6.45, 7) is 2.12. The molecule has 0 aliphatic carbocycles. The van der Waals surface area contributed by atoms with Gasteiger partial charge in [0.2, 0.25) is 0 Å². The fourth-order valence-electron chi connectivity index (χ4n) is 2.63. The Kier molecular flexibility index (Phi) is 4.35. The van der Waals surface area contributed by atoms with Crippen LogP contribution in [0.3, 0.4) is 0 Å². The summed E-state index contributed by atoms with van der Waals surface area (Å²) >= 11 is 0. The monoisotopic (exact) mass is 306 g/mol. The summed E-state index contributed by atoms with van der Waals surface area (Å²) in [5.74, 6) is 0.0539. The van der Waals surface area contributed by atoms with Crippen LogP contribution in [0.25, 0.3) is 22.4 Å². The second-order valence-corrected chi connectivity index (χ2v) is 5.37. The van der Waals surface area contributed by atoms with Gasteiger partial charge in [-0.3, -0.25) is 9.48 Å². The molecule has 3 rings (SSSR count). The standard InChI is InChI=1S/C19H18N2O2/c1-14(23)17-7-2-3-8-18(17)15-5-4-6-16(13-15)19-9-10-21(20-19)11-12-22/h2-10,13,22H,11-12H2,1H3. The highest BCUT2D eigenvalue weighted by Gasteiger charge is 2.10. The smallest absolute Gasteiger partial charge is 0.160 e. The van der Waals surface area contributed by atoms with Gasteiger partial charge in [-0.05, 0) is 30.2 Å². The summed E-state index contributed by atoms with van der Waals surface area (Å²) in [7, 11) is 0. The van der Waals surface area contributed by atoms with Gasteiger partial charge in [-0.25, -0.2) is 0 Å². The number of hydrogen-bond donors (Lipinski definition) is 1.